The fourth-order valence-electron chi connectivity index (χ4n) is 2.16. The number of fused-ring (bicyclic) bond motifs is 1. The lowest BCUT2D eigenvalue weighted by Gasteiger charge is -2.27. The molecule has 7 heteroatoms. The summed E-state index contributed by atoms with van der Waals surface area (Å²) in [7, 11) is 0. The number of nitrogens with two attached hydrogens (primary N) is 1. The Kier molecular flexibility index (Phi) is 3.31. The predicted molar refractivity (Wildman–Crippen MR) is 71.8 cm³/mol. The Labute approximate surface area is 114 Å². The number of amides is 1. The van der Waals surface area contributed by atoms with E-state index < -0.39 is 0 Å². The lowest BCUT2D eigenvalue weighted by molar-refractivity contribution is 0.0702. The van der Waals surface area contributed by atoms with Crippen LogP contribution in [0.1, 0.15) is 21.3 Å². The highest BCUT2D eigenvalue weighted by molar-refractivity contribution is 7.09. The van der Waals surface area contributed by atoms with Crippen LogP contribution in [-0.4, -0.2) is 38.4 Å². The van der Waals surface area contributed by atoms with Gasteiger partial charge in [0.1, 0.15) is 11.5 Å². The average molecular weight is 277 g/mol. The largest absolute Gasteiger partial charge is 0.332 e. The quantitative estimate of drug-likeness (QED) is 0.886. The molecule has 6 nitrogen and oxygen atoms in total. The van der Waals surface area contributed by atoms with E-state index in [0.717, 1.165) is 23.8 Å². The minimum absolute atomic E-state index is 0.0197. The van der Waals surface area contributed by atoms with Gasteiger partial charge in [-0.25, -0.2) is 9.97 Å². The minimum Gasteiger partial charge on any atom is -0.332 e. The number of imidazole rings is 1. The maximum atomic E-state index is 12.4. The van der Waals surface area contributed by atoms with Crippen LogP contribution < -0.4 is 5.73 Å². The molecule has 19 heavy (non-hydrogen) atoms. The van der Waals surface area contributed by atoms with Crippen LogP contribution in [0.4, 0.5) is 0 Å². The molecule has 3 heterocycles. The van der Waals surface area contributed by atoms with E-state index >= 15 is 0 Å². The Morgan fingerprint density at radius 3 is 3.21 bits per heavy atom. The highest BCUT2D eigenvalue weighted by atomic mass is 32.1. The first-order valence-corrected chi connectivity index (χ1v) is 7.09. The van der Waals surface area contributed by atoms with Gasteiger partial charge in [-0.3, -0.25) is 4.79 Å². The molecule has 0 unspecified atom stereocenters. The number of rotatable bonds is 3. The maximum Gasteiger partial charge on any atom is 0.273 e. The van der Waals surface area contributed by atoms with E-state index in [-0.39, 0.29) is 5.91 Å². The van der Waals surface area contributed by atoms with Crippen LogP contribution in [0.3, 0.4) is 0 Å². The Morgan fingerprint density at radius 2 is 2.37 bits per heavy atom. The van der Waals surface area contributed by atoms with Crippen LogP contribution >= 0.6 is 11.3 Å². The van der Waals surface area contributed by atoms with Crippen LogP contribution in [0.25, 0.3) is 0 Å². The van der Waals surface area contributed by atoms with Crippen molar-refractivity contribution in [2.24, 2.45) is 5.73 Å². The van der Waals surface area contributed by atoms with Crippen molar-refractivity contribution in [2.75, 3.05) is 13.1 Å². The van der Waals surface area contributed by atoms with E-state index in [4.69, 9.17) is 5.73 Å². The Morgan fingerprint density at radius 1 is 1.47 bits per heavy atom. The number of carbonyl (C=O) groups is 1. The fourth-order valence-corrected chi connectivity index (χ4v) is 2.94. The summed E-state index contributed by atoms with van der Waals surface area (Å²) in [5, 5.41) is 2.73. The van der Waals surface area contributed by atoms with E-state index in [0.29, 0.717) is 25.3 Å². The molecule has 0 atom stereocenters. The smallest absolute Gasteiger partial charge is 0.273 e. The summed E-state index contributed by atoms with van der Waals surface area (Å²) in [5.41, 5.74) is 6.01. The van der Waals surface area contributed by atoms with Gasteiger partial charge < -0.3 is 15.2 Å². The van der Waals surface area contributed by atoms with Gasteiger partial charge in [0.15, 0.2) is 0 Å². The normalized spacial score (nSPS) is 14.5. The summed E-state index contributed by atoms with van der Waals surface area (Å²) in [5.74, 6) is 0.908. The maximum absolute atomic E-state index is 12.4. The number of hydrogen-bond acceptors (Lipinski definition) is 5. The zero-order valence-electron chi connectivity index (χ0n) is 10.5. The lowest BCUT2D eigenvalue weighted by atomic mass is 10.3. The number of thiazole rings is 1. The van der Waals surface area contributed by atoms with Crippen molar-refractivity contribution in [3.8, 4) is 0 Å². The van der Waals surface area contributed by atoms with Gasteiger partial charge in [-0.05, 0) is 6.54 Å². The third-order valence-electron chi connectivity index (χ3n) is 3.16. The van der Waals surface area contributed by atoms with Crippen molar-refractivity contribution in [2.45, 2.75) is 19.5 Å². The average Bonchev–Trinajstić information content (AvgIpc) is 3.05. The molecule has 0 bridgehead atoms. The van der Waals surface area contributed by atoms with Crippen molar-refractivity contribution >= 4 is 17.2 Å². The van der Waals surface area contributed by atoms with Gasteiger partial charge in [-0.15, -0.1) is 11.3 Å². The van der Waals surface area contributed by atoms with Gasteiger partial charge in [0.05, 0.1) is 11.6 Å². The van der Waals surface area contributed by atoms with Crippen LogP contribution in [0.15, 0.2) is 17.8 Å². The Bertz CT molecular complexity index is 590. The molecule has 0 aliphatic carbocycles. The van der Waals surface area contributed by atoms with Crippen molar-refractivity contribution in [1.29, 1.82) is 0 Å². The molecule has 0 fully saturated rings. The molecular weight excluding hydrogens is 262 g/mol. The molecule has 2 aromatic heterocycles. The first kappa shape index (κ1) is 12.3. The molecule has 1 aliphatic heterocycles. The van der Waals surface area contributed by atoms with E-state index in [1.54, 1.807) is 11.1 Å². The molecule has 0 radical (unpaired) electrons. The zero-order chi connectivity index (χ0) is 13.2. The van der Waals surface area contributed by atoms with Crippen LogP contribution in [0.5, 0.6) is 0 Å². The molecule has 0 spiro atoms. The third-order valence-corrected chi connectivity index (χ3v) is 4.07. The van der Waals surface area contributed by atoms with Crippen molar-refractivity contribution in [3.63, 3.8) is 0 Å². The molecule has 2 N–H and O–H groups in total. The van der Waals surface area contributed by atoms with Crippen LogP contribution in [-0.2, 0) is 19.5 Å². The van der Waals surface area contributed by atoms with Gasteiger partial charge in [0, 0.05) is 37.3 Å². The number of hydrogen-bond donors (Lipinski definition) is 1. The monoisotopic (exact) mass is 277 g/mol. The summed E-state index contributed by atoms with van der Waals surface area (Å²) < 4.78 is 2.07. The Balaban J connectivity index is 1.74. The molecule has 100 valence electrons. The van der Waals surface area contributed by atoms with Crippen molar-refractivity contribution in [1.82, 2.24) is 19.4 Å². The summed E-state index contributed by atoms with van der Waals surface area (Å²) in [6, 6.07) is 0. The van der Waals surface area contributed by atoms with Crippen LogP contribution in [0, 0.1) is 0 Å². The van der Waals surface area contributed by atoms with Crippen molar-refractivity contribution < 1.29 is 4.79 Å². The summed E-state index contributed by atoms with van der Waals surface area (Å²) in [6.45, 7) is 2.60. The molecule has 0 saturated heterocycles. The topological polar surface area (TPSA) is 77.0 Å². The second-order valence-corrected chi connectivity index (χ2v) is 5.37. The third kappa shape index (κ3) is 2.39. The molecule has 3 rings (SSSR count). The molecule has 0 saturated carbocycles. The van der Waals surface area contributed by atoms with E-state index in [1.807, 2.05) is 11.6 Å². The summed E-state index contributed by atoms with van der Waals surface area (Å²) >= 11 is 1.49. The zero-order valence-corrected chi connectivity index (χ0v) is 11.3. The van der Waals surface area contributed by atoms with Gasteiger partial charge in [-0.1, -0.05) is 0 Å². The highest BCUT2D eigenvalue weighted by Gasteiger charge is 2.23. The lowest BCUT2D eigenvalue weighted by Crippen LogP contribution is -2.38. The summed E-state index contributed by atoms with van der Waals surface area (Å²) in [6.07, 6.45) is 4.44. The molecule has 0 aromatic carbocycles. The number of nitrogens with zero attached hydrogens (tertiary/aromatic N) is 4. The Hall–Kier alpha value is -1.73. The molecular formula is C12H15N5OS. The van der Waals surface area contributed by atoms with E-state index in [2.05, 4.69) is 14.5 Å². The fraction of sp³-hybridized carbons (Fsp3) is 0.417. The SMILES string of the molecule is NCCc1nc(C(=O)N2CCn3ccnc3C2)cs1. The first-order chi connectivity index (χ1) is 9.28. The molecule has 1 aliphatic rings. The van der Waals surface area contributed by atoms with Gasteiger partial charge in [0.2, 0.25) is 0 Å². The second kappa shape index (κ2) is 5.10. The summed E-state index contributed by atoms with van der Waals surface area (Å²) in [4.78, 5) is 22.7. The number of carbonyl (C=O) groups excluding carboxylic acids is 1. The predicted octanol–water partition coefficient (Wildman–Crippen LogP) is 0.497. The van der Waals surface area contributed by atoms with E-state index in [9.17, 15) is 4.79 Å². The molecule has 1 amide bonds. The van der Waals surface area contributed by atoms with E-state index in [1.165, 1.54) is 11.3 Å². The highest BCUT2D eigenvalue weighted by Crippen LogP contribution is 2.16. The van der Waals surface area contributed by atoms with Crippen molar-refractivity contribution in [3.05, 3.63) is 34.3 Å². The second-order valence-electron chi connectivity index (χ2n) is 4.43. The van der Waals surface area contributed by atoms with Gasteiger partial charge in [-0.2, -0.15) is 0 Å². The minimum atomic E-state index is -0.0197. The first-order valence-electron chi connectivity index (χ1n) is 6.21. The van der Waals surface area contributed by atoms with Crippen LogP contribution in [0.2, 0.25) is 0 Å². The van der Waals surface area contributed by atoms with Gasteiger partial charge >= 0.3 is 0 Å². The molecule has 2 aromatic rings. The number of aromatic nitrogens is 3. The standard InChI is InChI=1S/C12H15N5OS/c13-2-1-11-15-9(8-19-11)12(18)17-6-5-16-4-3-14-10(16)7-17/h3-4,8H,1-2,5-7,13H2. The van der Waals surface area contributed by atoms with Gasteiger partial charge in [0.25, 0.3) is 5.91 Å².